The molecule has 0 radical (unpaired) electrons. The van der Waals surface area contributed by atoms with Gasteiger partial charge in [-0.25, -0.2) is 0 Å². The summed E-state index contributed by atoms with van der Waals surface area (Å²) in [5.74, 6) is 0.255. The highest BCUT2D eigenvalue weighted by molar-refractivity contribution is 5.98. The van der Waals surface area contributed by atoms with Gasteiger partial charge in [0.25, 0.3) is 5.69 Å². The maximum Gasteiger partial charge on any atom is 0.269 e. The van der Waals surface area contributed by atoms with Gasteiger partial charge in [-0.05, 0) is 60.3 Å². The summed E-state index contributed by atoms with van der Waals surface area (Å²) in [6, 6.07) is 9.60. The van der Waals surface area contributed by atoms with Crippen molar-refractivity contribution in [2.75, 3.05) is 26.3 Å². The lowest BCUT2D eigenvalue weighted by Crippen LogP contribution is -2.27. The molecule has 1 amide bonds. The van der Waals surface area contributed by atoms with Gasteiger partial charge in [0.05, 0.1) is 18.1 Å². The van der Waals surface area contributed by atoms with Crippen molar-refractivity contribution in [3.63, 3.8) is 0 Å². The topological polar surface area (TPSA) is 157 Å². The zero-order valence-corrected chi connectivity index (χ0v) is 19.2. The molecule has 0 saturated heterocycles. The van der Waals surface area contributed by atoms with E-state index in [9.17, 15) is 19.7 Å². The van der Waals surface area contributed by atoms with Crippen molar-refractivity contribution in [3.8, 4) is 5.75 Å². The number of nitrogens with one attached hydrogen (secondary N) is 1. The Balaban J connectivity index is 1.82. The first-order valence-electron chi connectivity index (χ1n) is 10.7. The van der Waals surface area contributed by atoms with E-state index < -0.39 is 4.92 Å². The average Bonchev–Trinajstić information content (AvgIpc) is 2.81. The minimum atomic E-state index is -0.455. The molecular weight excluding hydrogens is 442 g/mol. The van der Waals surface area contributed by atoms with Crippen molar-refractivity contribution in [2.45, 2.75) is 33.3 Å². The summed E-state index contributed by atoms with van der Waals surface area (Å²) in [5.41, 5.74) is 11.0. The smallest absolute Gasteiger partial charge is 0.269 e. The SMILES string of the molecule is Cc1cc(C(=O)CCC(=O)NCCOCCN=[N+]=[N-])cc(C)c1OCc1ccc([N+](=O)[O-])cc1. The zero-order valence-electron chi connectivity index (χ0n) is 19.2. The first-order chi connectivity index (χ1) is 16.3. The number of benzene rings is 2. The van der Waals surface area contributed by atoms with Crippen LogP contribution in [-0.2, 0) is 16.1 Å². The lowest BCUT2D eigenvalue weighted by atomic mass is 10.00. The maximum absolute atomic E-state index is 12.6. The quantitative estimate of drug-likeness (QED) is 0.0831. The predicted molar refractivity (Wildman–Crippen MR) is 125 cm³/mol. The molecule has 2 aromatic carbocycles. The van der Waals surface area contributed by atoms with Gasteiger partial charge in [-0.1, -0.05) is 5.11 Å². The molecule has 0 fully saturated rings. The third kappa shape index (κ3) is 8.53. The van der Waals surface area contributed by atoms with Gasteiger partial charge < -0.3 is 14.8 Å². The molecule has 2 aromatic rings. The van der Waals surface area contributed by atoms with Gasteiger partial charge in [0.15, 0.2) is 5.78 Å². The number of non-ortho nitro benzene ring substituents is 1. The van der Waals surface area contributed by atoms with Gasteiger partial charge in [-0.2, -0.15) is 0 Å². The van der Waals surface area contributed by atoms with E-state index in [1.54, 1.807) is 24.3 Å². The Morgan fingerprint density at radius 1 is 1.12 bits per heavy atom. The van der Waals surface area contributed by atoms with E-state index in [1.807, 2.05) is 13.8 Å². The van der Waals surface area contributed by atoms with Crippen LogP contribution >= 0.6 is 0 Å². The second kappa shape index (κ2) is 13.6. The number of hydrogen-bond donors (Lipinski definition) is 1. The molecule has 0 aliphatic heterocycles. The fourth-order valence-corrected chi connectivity index (χ4v) is 3.18. The highest BCUT2D eigenvalue weighted by Crippen LogP contribution is 2.27. The van der Waals surface area contributed by atoms with Gasteiger partial charge in [0.1, 0.15) is 12.4 Å². The van der Waals surface area contributed by atoms with Crippen LogP contribution in [0.2, 0.25) is 0 Å². The Labute approximate surface area is 196 Å². The Bertz CT molecular complexity index is 1040. The van der Waals surface area contributed by atoms with Crippen molar-refractivity contribution < 1.29 is 24.0 Å². The fourth-order valence-electron chi connectivity index (χ4n) is 3.18. The van der Waals surface area contributed by atoms with E-state index in [0.29, 0.717) is 24.5 Å². The number of nitro groups is 1. The molecule has 2 rings (SSSR count). The number of azide groups is 1. The number of Topliss-reactive ketones (excluding diaryl/α,β-unsaturated/α-hetero) is 1. The maximum atomic E-state index is 12.6. The number of rotatable bonds is 14. The van der Waals surface area contributed by atoms with Gasteiger partial charge >= 0.3 is 0 Å². The van der Waals surface area contributed by atoms with E-state index in [1.165, 1.54) is 12.1 Å². The van der Waals surface area contributed by atoms with E-state index in [2.05, 4.69) is 15.3 Å². The third-order valence-corrected chi connectivity index (χ3v) is 4.86. The Kier molecular flexibility index (Phi) is 10.5. The van der Waals surface area contributed by atoms with Crippen LogP contribution in [0.15, 0.2) is 41.5 Å². The lowest BCUT2D eigenvalue weighted by molar-refractivity contribution is -0.384. The molecule has 0 spiro atoms. The first-order valence-corrected chi connectivity index (χ1v) is 10.7. The van der Waals surface area contributed by atoms with Crippen LogP contribution in [0.1, 0.15) is 39.9 Å². The molecule has 11 heteroatoms. The lowest BCUT2D eigenvalue weighted by Gasteiger charge is -2.14. The molecule has 0 saturated carbocycles. The summed E-state index contributed by atoms with van der Waals surface area (Å²) in [5, 5.41) is 16.8. The van der Waals surface area contributed by atoms with E-state index in [0.717, 1.165) is 16.7 Å². The number of aryl methyl sites for hydroxylation is 2. The Morgan fingerprint density at radius 2 is 1.79 bits per heavy atom. The molecule has 180 valence electrons. The van der Waals surface area contributed by atoms with Crippen LogP contribution in [0, 0.1) is 24.0 Å². The second-order valence-electron chi connectivity index (χ2n) is 7.49. The highest BCUT2D eigenvalue weighted by atomic mass is 16.6. The van der Waals surface area contributed by atoms with Gasteiger partial charge in [-0.3, -0.25) is 19.7 Å². The third-order valence-electron chi connectivity index (χ3n) is 4.86. The minimum absolute atomic E-state index is 0.0169. The van der Waals surface area contributed by atoms with Crippen molar-refractivity contribution in [1.29, 1.82) is 0 Å². The minimum Gasteiger partial charge on any atom is -0.488 e. The number of nitro benzene ring substituents is 1. The van der Waals surface area contributed by atoms with Crippen molar-refractivity contribution in [3.05, 3.63) is 79.2 Å². The second-order valence-corrected chi connectivity index (χ2v) is 7.49. The number of ether oxygens (including phenoxy) is 2. The number of carbonyl (C=O) groups is 2. The molecule has 34 heavy (non-hydrogen) atoms. The van der Waals surface area contributed by atoms with Gasteiger partial charge in [-0.15, -0.1) is 0 Å². The van der Waals surface area contributed by atoms with Crippen LogP contribution in [0.4, 0.5) is 5.69 Å². The predicted octanol–water partition coefficient (Wildman–Crippen LogP) is 4.20. The summed E-state index contributed by atoms with van der Waals surface area (Å²) in [6.07, 6.45) is 0.138. The highest BCUT2D eigenvalue weighted by Gasteiger charge is 2.14. The average molecular weight is 469 g/mol. The van der Waals surface area contributed by atoms with Crippen LogP contribution < -0.4 is 10.1 Å². The molecule has 1 N–H and O–H groups in total. The molecule has 0 aromatic heterocycles. The molecule has 0 bridgehead atoms. The summed E-state index contributed by atoms with van der Waals surface area (Å²) in [7, 11) is 0. The monoisotopic (exact) mass is 469 g/mol. The normalized spacial score (nSPS) is 10.3. The number of amides is 1. The molecule has 0 atom stereocenters. The van der Waals surface area contributed by atoms with E-state index in [4.69, 9.17) is 15.0 Å². The summed E-state index contributed by atoms with van der Waals surface area (Å²) >= 11 is 0. The molecule has 0 aliphatic carbocycles. The van der Waals surface area contributed by atoms with Crippen molar-refractivity contribution in [2.24, 2.45) is 5.11 Å². The molecule has 0 aliphatic rings. The fraction of sp³-hybridized carbons (Fsp3) is 0.391. The standard InChI is InChI=1S/C23H27N5O6/c1-16-13-19(21(29)7-8-22(30)25-9-11-33-12-10-26-27-24)14-17(2)23(16)34-15-18-3-5-20(6-4-18)28(31)32/h3-6,13-14H,7-12,15H2,1-2H3,(H,25,30). The van der Waals surface area contributed by atoms with E-state index in [-0.39, 0.29) is 50.0 Å². The number of hydrogen-bond acceptors (Lipinski definition) is 7. The molecule has 11 nitrogen and oxygen atoms in total. The van der Waals surface area contributed by atoms with Gasteiger partial charge in [0.2, 0.25) is 5.91 Å². The zero-order chi connectivity index (χ0) is 24.9. The summed E-state index contributed by atoms with van der Waals surface area (Å²) < 4.78 is 11.1. The van der Waals surface area contributed by atoms with Crippen molar-refractivity contribution in [1.82, 2.24) is 5.32 Å². The molecule has 0 unspecified atom stereocenters. The van der Waals surface area contributed by atoms with Crippen LogP contribution in [0.25, 0.3) is 10.4 Å². The van der Waals surface area contributed by atoms with Crippen LogP contribution in [-0.4, -0.2) is 42.9 Å². The summed E-state index contributed by atoms with van der Waals surface area (Å²) in [6.45, 7) is 5.03. The Morgan fingerprint density at radius 3 is 2.41 bits per heavy atom. The number of carbonyl (C=O) groups excluding carboxylic acids is 2. The largest absolute Gasteiger partial charge is 0.488 e. The molecule has 0 heterocycles. The van der Waals surface area contributed by atoms with Crippen LogP contribution in [0.5, 0.6) is 5.75 Å². The summed E-state index contributed by atoms with van der Waals surface area (Å²) in [4.78, 5) is 37.4. The van der Waals surface area contributed by atoms with Crippen LogP contribution in [0.3, 0.4) is 0 Å². The number of nitrogens with zero attached hydrogens (tertiary/aromatic N) is 4. The van der Waals surface area contributed by atoms with Crippen molar-refractivity contribution >= 4 is 17.4 Å². The van der Waals surface area contributed by atoms with Gasteiger partial charge in [0, 0.05) is 48.5 Å². The van der Waals surface area contributed by atoms with E-state index >= 15 is 0 Å². The molecular formula is C23H27N5O6. The number of ketones is 1. The Hall–Kier alpha value is -3.95. The first kappa shape index (κ1) is 26.3.